The van der Waals surface area contributed by atoms with Crippen LogP contribution in [0.25, 0.3) is 0 Å². The van der Waals surface area contributed by atoms with E-state index in [0.717, 1.165) is 12.2 Å². The SMILES string of the molecule is CCOC(=O)N(CCN(C)C)c1ccccc1. The molecule has 4 heteroatoms. The van der Waals surface area contributed by atoms with Gasteiger partial charge in [0, 0.05) is 18.8 Å². The highest BCUT2D eigenvalue weighted by molar-refractivity contribution is 5.87. The van der Waals surface area contributed by atoms with Gasteiger partial charge in [-0.25, -0.2) is 4.79 Å². The minimum Gasteiger partial charge on any atom is -0.449 e. The maximum atomic E-state index is 11.8. The molecule has 0 N–H and O–H groups in total. The van der Waals surface area contributed by atoms with Crippen LogP contribution in [0.15, 0.2) is 30.3 Å². The summed E-state index contributed by atoms with van der Waals surface area (Å²) in [4.78, 5) is 15.5. The Kier molecular flexibility index (Phi) is 5.49. The van der Waals surface area contributed by atoms with Crippen molar-refractivity contribution in [2.75, 3.05) is 38.7 Å². The van der Waals surface area contributed by atoms with Gasteiger partial charge in [-0.2, -0.15) is 0 Å². The fourth-order valence-corrected chi connectivity index (χ4v) is 1.44. The Morgan fingerprint density at radius 2 is 1.82 bits per heavy atom. The van der Waals surface area contributed by atoms with Crippen molar-refractivity contribution < 1.29 is 9.53 Å². The van der Waals surface area contributed by atoms with Crippen LogP contribution in [0.1, 0.15) is 6.92 Å². The lowest BCUT2D eigenvalue weighted by Crippen LogP contribution is -2.37. The number of carbonyl (C=O) groups is 1. The molecule has 0 aliphatic carbocycles. The standard InChI is InChI=1S/C13H20N2O2/c1-4-17-13(16)15(11-10-14(2)3)12-8-6-5-7-9-12/h5-9H,4,10-11H2,1-3H3. The van der Waals surface area contributed by atoms with Gasteiger partial charge in [0.1, 0.15) is 0 Å². The number of nitrogens with zero attached hydrogens (tertiary/aromatic N) is 2. The predicted molar refractivity (Wildman–Crippen MR) is 69.4 cm³/mol. The number of carbonyl (C=O) groups excluding carboxylic acids is 1. The summed E-state index contributed by atoms with van der Waals surface area (Å²) < 4.78 is 5.06. The van der Waals surface area contributed by atoms with E-state index in [2.05, 4.69) is 0 Å². The molecule has 0 bridgehead atoms. The summed E-state index contributed by atoms with van der Waals surface area (Å²) >= 11 is 0. The van der Waals surface area contributed by atoms with Gasteiger partial charge in [0.25, 0.3) is 0 Å². The number of benzene rings is 1. The highest BCUT2D eigenvalue weighted by Crippen LogP contribution is 2.14. The van der Waals surface area contributed by atoms with Crippen LogP contribution in [-0.4, -0.2) is 44.8 Å². The van der Waals surface area contributed by atoms with Gasteiger partial charge in [0.05, 0.1) is 6.61 Å². The topological polar surface area (TPSA) is 32.8 Å². The van der Waals surface area contributed by atoms with E-state index in [4.69, 9.17) is 4.74 Å². The summed E-state index contributed by atoms with van der Waals surface area (Å²) in [5.74, 6) is 0. The van der Waals surface area contributed by atoms with Crippen LogP contribution in [0.4, 0.5) is 10.5 Å². The summed E-state index contributed by atoms with van der Waals surface area (Å²) in [6, 6.07) is 9.58. The van der Waals surface area contributed by atoms with E-state index < -0.39 is 0 Å². The van der Waals surface area contributed by atoms with Crippen molar-refractivity contribution in [3.05, 3.63) is 30.3 Å². The Morgan fingerprint density at radius 3 is 2.35 bits per heavy atom. The van der Waals surface area contributed by atoms with Gasteiger partial charge in [-0.3, -0.25) is 4.90 Å². The third-order valence-corrected chi connectivity index (χ3v) is 2.33. The van der Waals surface area contributed by atoms with Crippen LogP contribution < -0.4 is 4.90 Å². The van der Waals surface area contributed by atoms with Crippen LogP contribution in [0.2, 0.25) is 0 Å². The average molecular weight is 236 g/mol. The number of hydrogen-bond acceptors (Lipinski definition) is 3. The second-order valence-corrected chi connectivity index (χ2v) is 3.99. The Labute approximate surface area is 103 Å². The zero-order valence-corrected chi connectivity index (χ0v) is 10.7. The number of para-hydroxylation sites is 1. The number of likely N-dealkylation sites (N-methyl/N-ethyl adjacent to an activating group) is 1. The predicted octanol–water partition coefficient (Wildman–Crippen LogP) is 2.21. The first kappa shape index (κ1) is 13.5. The molecule has 94 valence electrons. The molecule has 4 nitrogen and oxygen atoms in total. The van der Waals surface area contributed by atoms with Crippen LogP contribution >= 0.6 is 0 Å². The maximum absolute atomic E-state index is 11.8. The molecule has 0 aliphatic rings. The Hall–Kier alpha value is -1.55. The first-order chi connectivity index (χ1) is 8.15. The van der Waals surface area contributed by atoms with Crippen molar-refractivity contribution in [1.82, 2.24) is 4.90 Å². The number of amides is 1. The van der Waals surface area contributed by atoms with Gasteiger partial charge in [0.2, 0.25) is 0 Å². The van der Waals surface area contributed by atoms with Gasteiger partial charge >= 0.3 is 6.09 Å². The first-order valence-electron chi connectivity index (χ1n) is 5.79. The van der Waals surface area contributed by atoms with Gasteiger partial charge in [-0.05, 0) is 33.2 Å². The van der Waals surface area contributed by atoms with E-state index in [9.17, 15) is 4.79 Å². The number of rotatable bonds is 5. The third-order valence-electron chi connectivity index (χ3n) is 2.33. The lowest BCUT2D eigenvalue weighted by molar-refractivity contribution is 0.159. The number of hydrogen-bond donors (Lipinski definition) is 0. The molecule has 1 aromatic carbocycles. The van der Waals surface area contributed by atoms with Crippen LogP contribution in [0.5, 0.6) is 0 Å². The normalized spacial score (nSPS) is 10.4. The van der Waals surface area contributed by atoms with Crippen molar-refractivity contribution in [1.29, 1.82) is 0 Å². The zero-order valence-electron chi connectivity index (χ0n) is 10.7. The summed E-state index contributed by atoms with van der Waals surface area (Å²) in [5.41, 5.74) is 0.868. The molecule has 17 heavy (non-hydrogen) atoms. The molecule has 1 amide bonds. The quantitative estimate of drug-likeness (QED) is 0.785. The van der Waals surface area contributed by atoms with E-state index in [1.165, 1.54) is 0 Å². The second kappa shape index (κ2) is 6.91. The smallest absolute Gasteiger partial charge is 0.414 e. The second-order valence-electron chi connectivity index (χ2n) is 3.99. The van der Waals surface area contributed by atoms with Crippen LogP contribution in [-0.2, 0) is 4.74 Å². The van der Waals surface area contributed by atoms with Crippen LogP contribution in [0, 0.1) is 0 Å². The molecule has 0 aromatic heterocycles. The molecule has 1 rings (SSSR count). The average Bonchev–Trinajstić information content (AvgIpc) is 2.30. The van der Waals surface area contributed by atoms with Gasteiger partial charge in [-0.15, -0.1) is 0 Å². The van der Waals surface area contributed by atoms with Gasteiger partial charge < -0.3 is 9.64 Å². The van der Waals surface area contributed by atoms with E-state index >= 15 is 0 Å². The lowest BCUT2D eigenvalue weighted by Gasteiger charge is -2.23. The fourth-order valence-electron chi connectivity index (χ4n) is 1.44. The Balaban J connectivity index is 2.75. The van der Waals surface area contributed by atoms with E-state index in [1.54, 1.807) is 4.90 Å². The van der Waals surface area contributed by atoms with E-state index in [0.29, 0.717) is 13.2 Å². The molecule has 0 radical (unpaired) electrons. The van der Waals surface area contributed by atoms with E-state index in [1.807, 2.05) is 56.3 Å². The minimum atomic E-state index is -0.291. The molecule has 0 saturated heterocycles. The molecular weight excluding hydrogens is 216 g/mol. The van der Waals surface area contributed by atoms with Crippen molar-refractivity contribution in [3.63, 3.8) is 0 Å². The highest BCUT2D eigenvalue weighted by atomic mass is 16.6. The highest BCUT2D eigenvalue weighted by Gasteiger charge is 2.16. The third kappa shape index (κ3) is 4.44. The molecule has 1 aromatic rings. The largest absolute Gasteiger partial charge is 0.449 e. The number of anilines is 1. The molecule has 0 aliphatic heterocycles. The van der Waals surface area contributed by atoms with Crippen molar-refractivity contribution in [2.45, 2.75) is 6.92 Å². The lowest BCUT2D eigenvalue weighted by atomic mass is 10.3. The Bertz CT molecular complexity index is 339. The summed E-state index contributed by atoms with van der Waals surface area (Å²) in [6.45, 7) is 3.63. The van der Waals surface area contributed by atoms with Crippen molar-refractivity contribution >= 4 is 11.8 Å². The first-order valence-corrected chi connectivity index (χ1v) is 5.79. The van der Waals surface area contributed by atoms with Gasteiger partial charge in [0.15, 0.2) is 0 Å². The van der Waals surface area contributed by atoms with Crippen LogP contribution in [0.3, 0.4) is 0 Å². The van der Waals surface area contributed by atoms with E-state index in [-0.39, 0.29) is 6.09 Å². The maximum Gasteiger partial charge on any atom is 0.414 e. The Morgan fingerprint density at radius 1 is 1.18 bits per heavy atom. The summed E-state index contributed by atoms with van der Waals surface area (Å²) in [5, 5.41) is 0. The number of ether oxygens (including phenoxy) is 1. The molecule has 0 fully saturated rings. The molecule has 0 saturated carbocycles. The van der Waals surface area contributed by atoms with Gasteiger partial charge in [-0.1, -0.05) is 18.2 Å². The van der Waals surface area contributed by atoms with Crippen molar-refractivity contribution in [3.8, 4) is 0 Å². The zero-order chi connectivity index (χ0) is 12.7. The summed E-state index contributed by atoms with van der Waals surface area (Å²) in [7, 11) is 3.96. The molecule has 0 spiro atoms. The molecule has 0 unspecified atom stereocenters. The van der Waals surface area contributed by atoms with Crippen molar-refractivity contribution in [2.24, 2.45) is 0 Å². The fraction of sp³-hybridized carbons (Fsp3) is 0.462. The molecule has 0 atom stereocenters. The monoisotopic (exact) mass is 236 g/mol. The molecular formula is C13H20N2O2. The summed E-state index contributed by atoms with van der Waals surface area (Å²) in [6.07, 6.45) is -0.291. The minimum absolute atomic E-state index is 0.291. The molecule has 0 heterocycles.